The molecule has 3 saturated heterocycles. The van der Waals surface area contributed by atoms with E-state index >= 15 is 0 Å². The summed E-state index contributed by atoms with van der Waals surface area (Å²) < 4.78 is 17.4. The third-order valence-electron chi connectivity index (χ3n) is 8.00. The number of fused-ring (bicyclic) bond motifs is 2. The molecule has 1 amide bonds. The maximum Gasteiger partial charge on any atom is 0.410 e. The average molecular weight is 538 g/mol. The van der Waals surface area contributed by atoms with Crippen LogP contribution in [0.4, 0.5) is 22.1 Å². The first-order valence-corrected chi connectivity index (χ1v) is 14.1. The predicted molar refractivity (Wildman–Crippen MR) is 147 cm³/mol. The largest absolute Gasteiger partial charge is 0.482 e. The van der Waals surface area contributed by atoms with Gasteiger partial charge < -0.3 is 29.3 Å². The van der Waals surface area contributed by atoms with Gasteiger partial charge in [0.25, 0.3) is 0 Å². The van der Waals surface area contributed by atoms with E-state index in [0.717, 1.165) is 86.4 Å². The molecule has 210 valence electrons. The number of amides is 1. The van der Waals surface area contributed by atoms with E-state index < -0.39 is 5.60 Å². The Morgan fingerprint density at radius 3 is 2.54 bits per heavy atom. The van der Waals surface area contributed by atoms with Crippen molar-refractivity contribution in [1.82, 2.24) is 24.8 Å². The fourth-order valence-electron chi connectivity index (χ4n) is 5.86. The molecule has 39 heavy (non-hydrogen) atoms. The van der Waals surface area contributed by atoms with Crippen molar-refractivity contribution in [3.05, 3.63) is 29.8 Å². The van der Waals surface area contributed by atoms with E-state index in [0.29, 0.717) is 25.2 Å². The molecule has 11 nitrogen and oxygen atoms in total. The molecule has 0 saturated carbocycles. The summed E-state index contributed by atoms with van der Waals surface area (Å²) in [6, 6.07) is 2.54. The Morgan fingerprint density at radius 2 is 1.82 bits per heavy atom. The van der Waals surface area contributed by atoms with Crippen LogP contribution in [0.15, 0.2) is 18.6 Å². The fraction of sp³-hybridized carbons (Fsp3) is 0.643. The summed E-state index contributed by atoms with van der Waals surface area (Å²) in [5.41, 5.74) is 2.48. The standard InChI is InChI=1S/C28H39N7O4/c1-18-24-25(30-17-31-26(24)34-9-11-37-12-10-34)32-22-13-21(29-14-23(22)38-18)19-5-7-33(8-6-19)20-15-35(16-20)27(36)39-28(2,3)4/h13-14,17-20H,5-12,15-16H2,1-4H3,(H,30,31,32)/t18-/m1/s1. The minimum absolute atomic E-state index is 0.212. The molecule has 6 rings (SSSR count). The van der Waals surface area contributed by atoms with Gasteiger partial charge in [0.2, 0.25) is 0 Å². The molecule has 4 aliphatic rings. The Morgan fingerprint density at radius 1 is 1.08 bits per heavy atom. The van der Waals surface area contributed by atoms with E-state index in [4.69, 9.17) is 19.2 Å². The van der Waals surface area contributed by atoms with Gasteiger partial charge in [0.15, 0.2) is 5.75 Å². The average Bonchev–Trinajstić information content (AvgIpc) is 3.03. The molecule has 2 aromatic rings. The van der Waals surface area contributed by atoms with Gasteiger partial charge in [-0.1, -0.05) is 0 Å². The molecular weight excluding hydrogens is 498 g/mol. The van der Waals surface area contributed by atoms with Crippen molar-refractivity contribution in [1.29, 1.82) is 0 Å². The van der Waals surface area contributed by atoms with Gasteiger partial charge in [0, 0.05) is 43.8 Å². The quantitative estimate of drug-likeness (QED) is 0.623. The Hall–Kier alpha value is -3.18. The minimum atomic E-state index is -0.459. The summed E-state index contributed by atoms with van der Waals surface area (Å²) in [5.74, 6) is 2.79. The summed E-state index contributed by atoms with van der Waals surface area (Å²) in [4.78, 5) is 32.9. The van der Waals surface area contributed by atoms with Crippen LogP contribution in [-0.4, -0.2) is 95.0 Å². The first-order valence-electron chi connectivity index (χ1n) is 14.1. The smallest absolute Gasteiger partial charge is 0.410 e. The monoisotopic (exact) mass is 537 g/mol. The highest BCUT2D eigenvalue weighted by molar-refractivity contribution is 5.72. The lowest BCUT2D eigenvalue weighted by atomic mass is 9.91. The van der Waals surface area contributed by atoms with Crippen LogP contribution in [0.2, 0.25) is 0 Å². The second-order valence-electron chi connectivity index (χ2n) is 11.9. The van der Waals surface area contributed by atoms with E-state index in [1.807, 2.05) is 33.9 Å². The normalized spacial score (nSPS) is 22.6. The molecule has 0 unspecified atom stereocenters. The van der Waals surface area contributed by atoms with Crippen LogP contribution in [-0.2, 0) is 9.47 Å². The minimum Gasteiger partial charge on any atom is -0.482 e. The van der Waals surface area contributed by atoms with E-state index in [1.165, 1.54) is 0 Å². The third kappa shape index (κ3) is 5.47. The summed E-state index contributed by atoms with van der Waals surface area (Å²) >= 11 is 0. The highest BCUT2D eigenvalue weighted by Gasteiger charge is 2.38. The second-order valence-corrected chi connectivity index (χ2v) is 11.9. The van der Waals surface area contributed by atoms with Crippen molar-refractivity contribution < 1.29 is 19.0 Å². The molecule has 3 fully saturated rings. The Balaban J connectivity index is 1.10. The number of rotatable bonds is 3. The van der Waals surface area contributed by atoms with Gasteiger partial charge in [-0.3, -0.25) is 9.88 Å². The van der Waals surface area contributed by atoms with Gasteiger partial charge in [0.1, 0.15) is 29.7 Å². The van der Waals surface area contributed by atoms with Crippen LogP contribution < -0.4 is 15.0 Å². The molecule has 4 aliphatic heterocycles. The summed E-state index contributed by atoms with van der Waals surface area (Å²) in [5, 5.41) is 3.54. The molecule has 1 atom stereocenters. The first-order chi connectivity index (χ1) is 18.7. The lowest BCUT2D eigenvalue weighted by molar-refractivity contribution is -0.0197. The lowest BCUT2D eigenvalue weighted by Gasteiger charge is -2.47. The predicted octanol–water partition coefficient (Wildman–Crippen LogP) is 3.70. The SMILES string of the molecule is C[C@H]1Oc2cnc(C3CCN(C4CN(C(=O)OC(C)(C)C)C4)CC3)cc2Nc2ncnc(N3CCOCC3)c21. The molecule has 0 radical (unpaired) electrons. The van der Waals surface area contributed by atoms with Gasteiger partial charge in [-0.05, 0) is 59.7 Å². The van der Waals surface area contributed by atoms with Gasteiger partial charge in [-0.2, -0.15) is 0 Å². The van der Waals surface area contributed by atoms with Crippen LogP contribution in [0.5, 0.6) is 5.75 Å². The highest BCUT2D eigenvalue weighted by Crippen LogP contribution is 2.42. The number of carbonyl (C=O) groups is 1. The van der Waals surface area contributed by atoms with Crippen molar-refractivity contribution in [2.24, 2.45) is 0 Å². The fourth-order valence-corrected chi connectivity index (χ4v) is 5.86. The number of pyridine rings is 1. The summed E-state index contributed by atoms with van der Waals surface area (Å²) in [7, 11) is 0. The number of hydrogen-bond acceptors (Lipinski definition) is 10. The Kier molecular flexibility index (Phi) is 6.96. The number of morpholine rings is 1. The number of nitrogens with one attached hydrogen (secondary N) is 1. The number of anilines is 3. The van der Waals surface area contributed by atoms with Gasteiger partial charge in [-0.25, -0.2) is 14.8 Å². The van der Waals surface area contributed by atoms with Crippen molar-refractivity contribution in [3.63, 3.8) is 0 Å². The second kappa shape index (κ2) is 10.4. The Labute approximate surface area is 229 Å². The number of aromatic nitrogens is 3. The number of piperidine rings is 1. The zero-order chi connectivity index (χ0) is 27.1. The number of nitrogens with zero attached hydrogens (tertiary/aromatic N) is 6. The molecule has 2 aromatic heterocycles. The molecule has 0 aromatic carbocycles. The maximum absolute atomic E-state index is 12.3. The van der Waals surface area contributed by atoms with Crippen molar-refractivity contribution in [2.45, 2.75) is 64.2 Å². The van der Waals surface area contributed by atoms with Crippen molar-refractivity contribution >= 4 is 23.4 Å². The van der Waals surface area contributed by atoms with Crippen LogP contribution in [0, 0.1) is 0 Å². The van der Waals surface area contributed by atoms with Gasteiger partial charge in [-0.15, -0.1) is 0 Å². The number of carbonyl (C=O) groups excluding carboxylic acids is 1. The summed E-state index contributed by atoms with van der Waals surface area (Å²) in [6.07, 6.45) is 5.11. The zero-order valence-electron chi connectivity index (χ0n) is 23.4. The topological polar surface area (TPSA) is 105 Å². The van der Waals surface area contributed by atoms with E-state index in [2.05, 4.69) is 31.2 Å². The van der Waals surface area contributed by atoms with Gasteiger partial charge in [0.05, 0.1) is 30.7 Å². The van der Waals surface area contributed by atoms with E-state index in [9.17, 15) is 4.79 Å². The summed E-state index contributed by atoms with van der Waals surface area (Å²) in [6.45, 7) is 14.2. The number of hydrogen-bond donors (Lipinski definition) is 1. The molecule has 0 bridgehead atoms. The number of ether oxygens (including phenoxy) is 3. The highest BCUT2D eigenvalue weighted by atomic mass is 16.6. The van der Waals surface area contributed by atoms with Crippen LogP contribution in [0.25, 0.3) is 0 Å². The van der Waals surface area contributed by atoms with Crippen LogP contribution in [0.3, 0.4) is 0 Å². The van der Waals surface area contributed by atoms with E-state index in [-0.39, 0.29) is 12.2 Å². The van der Waals surface area contributed by atoms with Crippen LogP contribution >= 0.6 is 0 Å². The van der Waals surface area contributed by atoms with Gasteiger partial charge >= 0.3 is 6.09 Å². The zero-order valence-corrected chi connectivity index (χ0v) is 23.4. The van der Waals surface area contributed by atoms with Crippen LogP contribution in [0.1, 0.15) is 63.8 Å². The molecule has 11 heteroatoms. The molecule has 1 N–H and O–H groups in total. The van der Waals surface area contributed by atoms with Crippen molar-refractivity contribution in [3.8, 4) is 5.75 Å². The molecule has 0 spiro atoms. The number of likely N-dealkylation sites (tertiary alicyclic amines) is 2. The maximum atomic E-state index is 12.3. The lowest BCUT2D eigenvalue weighted by Crippen LogP contribution is -2.62. The Bertz CT molecular complexity index is 1200. The molecule has 0 aliphatic carbocycles. The van der Waals surface area contributed by atoms with E-state index in [1.54, 1.807) is 11.2 Å². The third-order valence-corrected chi connectivity index (χ3v) is 8.00. The molecular formula is C28H39N7O4. The molecule has 6 heterocycles. The first kappa shape index (κ1) is 26.1. The van der Waals surface area contributed by atoms with Crippen molar-refractivity contribution in [2.75, 3.05) is 62.7 Å².